The van der Waals surface area contributed by atoms with Crippen molar-refractivity contribution >= 4 is 0 Å². The van der Waals surface area contributed by atoms with Gasteiger partial charge in [0.15, 0.2) is 0 Å². The van der Waals surface area contributed by atoms with Crippen LogP contribution in [-0.4, -0.2) is 45.3 Å². The molecule has 1 fully saturated rings. The minimum absolute atomic E-state index is 0.379. The van der Waals surface area contributed by atoms with Gasteiger partial charge in [-0.1, -0.05) is 13.8 Å². The molecule has 0 spiro atoms. The Kier molecular flexibility index (Phi) is 5.54. The summed E-state index contributed by atoms with van der Waals surface area (Å²) in [7, 11) is 0. The van der Waals surface area contributed by atoms with Gasteiger partial charge >= 0.3 is 0 Å². The molecular formula is C15H29N5. The van der Waals surface area contributed by atoms with E-state index in [-0.39, 0.29) is 0 Å². The second-order valence-corrected chi connectivity index (χ2v) is 6.58. The molecule has 0 bridgehead atoms. The summed E-state index contributed by atoms with van der Waals surface area (Å²) in [5.74, 6) is 1.83. The van der Waals surface area contributed by atoms with E-state index in [1.807, 2.05) is 4.68 Å². The van der Waals surface area contributed by atoms with Crippen molar-refractivity contribution in [3.05, 3.63) is 12.2 Å². The average molecular weight is 279 g/mol. The van der Waals surface area contributed by atoms with Crippen molar-refractivity contribution in [2.45, 2.75) is 59.2 Å². The van der Waals surface area contributed by atoms with Crippen molar-refractivity contribution in [1.82, 2.24) is 25.0 Å². The molecule has 0 aliphatic carbocycles. The molecule has 20 heavy (non-hydrogen) atoms. The number of nitrogens with zero attached hydrogens (tertiary/aromatic N) is 4. The van der Waals surface area contributed by atoms with Crippen LogP contribution >= 0.6 is 0 Å². The second-order valence-electron chi connectivity index (χ2n) is 6.58. The highest BCUT2D eigenvalue weighted by atomic mass is 15.4. The predicted molar refractivity (Wildman–Crippen MR) is 81.5 cm³/mol. The summed E-state index contributed by atoms with van der Waals surface area (Å²) in [6.45, 7) is 13.2. The van der Waals surface area contributed by atoms with Gasteiger partial charge in [0.1, 0.15) is 12.2 Å². The van der Waals surface area contributed by atoms with Crippen molar-refractivity contribution < 1.29 is 0 Å². The number of nitrogens with one attached hydrogen (secondary N) is 1. The molecule has 2 heterocycles. The van der Waals surface area contributed by atoms with E-state index in [1.165, 1.54) is 12.8 Å². The van der Waals surface area contributed by atoms with Gasteiger partial charge in [0.25, 0.3) is 0 Å². The van der Waals surface area contributed by atoms with Crippen LogP contribution in [0.3, 0.4) is 0 Å². The van der Waals surface area contributed by atoms with E-state index < -0.39 is 0 Å². The molecule has 5 nitrogen and oxygen atoms in total. The lowest BCUT2D eigenvalue weighted by Crippen LogP contribution is -2.38. The van der Waals surface area contributed by atoms with E-state index in [0.717, 1.165) is 37.9 Å². The van der Waals surface area contributed by atoms with Crippen LogP contribution in [0.1, 0.15) is 52.4 Å². The number of hydrogen-bond acceptors (Lipinski definition) is 4. The summed E-state index contributed by atoms with van der Waals surface area (Å²) in [6, 6.07) is 0.983. The van der Waals surface area contributed by atoms with Gasteiger partial charge in [-0.3, -0.25) is 4.90 Å². The van der Waals surface area contributed by atoms with Gasteiger partial charge in [-0.2, -0.15) is 5.10 Å². The Morgan fingerprint density at radius 1 is 1.35 bits per heavy atom. The van der Waals surface area contributed by atoms with Gasteiger partial charge in [0.05, 0.1) is 6.54 Å². The van der Waals surface area contributed by atoms with E-state index in [1.54, 1.807) is 6.33 Å². The van der Waals surface area contributed by atoms with Crippen molar-refractivity contribution in [2.24, 2.45) is 5.92 Å². The van der Waals surface area contributed by atoms with Gasteiger partial charge < -0.3 is 5.32 Å². The predicted octanol–water partition coefficient (Wildman–Crippen LogP) is 2.07. The van der Waals surface area contributed by atoms with Crippen LogP contribution in [0, 0.1) is 5.92 Å². The van der Waals surface area contributed by atoms with E-state index in [9.17, 15) is 0 Å². The van der Waals surface area contributed by atoms with Crippen LogP contribution in [0.15, 0.2) is 6.33 Å². The third-order valence-corrected chi connectivity index (χ3v) is 3.82. The van der Waals surface area contributed by atoms with Gasteiger partial charge in [0, 0.05) is 18.6 Å². The van der Waals surface area contributed by atoms with E-state index in [2.05, 4.69) is 48.0 Å². The van der Waals surface area contributed by atoms with Crippen LogP contribution in [0.5, 0.6) is 0 Å². The molecule has 1 atom stereocenters. The standard InChI is InChI=1S/C15H29N5/c1-12(2)8-14-9-19(7-5-6-16-14)10-15-17-11-18-20(15)13(3)4/h11-14,16H,5-10H2,1-4H3. The molecule has 0 radical (unpaired) electrons. The minimum Gasteiger partial charge on any atom is -0.313 e. The first-order valence-corrected chi connectivity index (χ1v) is 7.90. The fourth-order valence-electron chi connectivity index (χ4n) is 2.97. The summed E-state index contributed by atoms with van der Waals surface area (Å²) < 4.78 is 2.04. The Morgan fingerprint density at radius 2 is 2.15 bits per heavy atom. The summed E-state index contributed by atoms with van der Waals surface area (Å²) in [6.07, 6.45) is 4.13. The molecule has 1 unspecified atom stereocenters. The highest BCUT2D eigenvalue weighted by molar-refractivity contribution is 4.88. The lowest BCUT2D eigenvalue weighted by atomic mass is 10.0. The Bertz CT molecular complexity index is 399. The van der Waals surface area contributed by atoms with Crippen molar-refractivity contribution in [3.8, 4) is 0 Å². The van der Waals surface area contributed by atoms with Crippen LogP contribution in [0.4, 0.5) is 0 Å². The second kappa shape index (κ2) is 7.18. The fraction of sp³-hybridized carbons (Fsp3) is 0.867. The summed E-state index contributed by atoms with van der Waals surface area (Å²) >= 11 is 0. The number of rotatable bonds is 5. The molecule has 1 saturated heterocycles. The van der Waals surface area contributed by atoms with Crippen LogP contribution in [-0.2, 0) is 6.54 Å². The Morgan fingerprint density at radius 3 is 2.85 bits per heavy atom. The van der Waals surface area contributed by atoms with E-state index in [4.69, 9.17) is 0 Å². The SMILES string of the molecule is CC(C)CC1CN(Cc2ncnn2C(C)C)CCCN1. The smallest absolute Gasteiger partial charge is 0.141 e. The fourth-order valence-corrected chi connectivity index (χ4v) is 2.97. The maximum absolute atomic E-state index is 4.44. The van der Waals surface area contributed by atoms with Gasteiger partial charge in [-0.05, 0) is 45.7 Å². The largest absolute Gasteiger partial charge is 0.313 e. The Balaban J connectivity index is 1.98. The molecule has 2 rings (SSSR count). The van der Waals surface area contributed by atoms with Gasteiger partial charge in [0.2, 0.25) is 0 Å². The molecule has 1 aliphatic rings. The molecule has 1 N–H and O–H groups in total. The molecular weight excluding hydrogens is 250 g/mol. The topological polar surface area (TPSA) is 46.0 Å². The molecule has 0 amide bonds. The van der Waals surface area contributed by atoms with Crippen molar-refractivity contribution in [3.63, 3.8) is 0 Å². The number of aromatic nitrogens is 3. The lowest BCUT2D eigenvalue weighted by molar-refractivity contribution is 0.236. The Labute approximate surface area is 122 Å². The zero-order valence-corrected chi connectivity index (χ0v) is 13.3. The van der Waals surface area contributed by atoms with Crippen LogP contribution in [0.25, 0.3) is 0 Å². The zero-order chi connectivity index (χ0) is 14.5. The molecule has 1 aromatic rings. The lowest BCUT2D eigenvalue weighted by Gasteiger charge is -2.25. The van der Waals surface area contributed by atoms with Gasteiger partial charge in [-0.15, -0.1) is 0 Å². The highest BCUT2D eigenvalue weighted by Crippen LogP contribution is 2.13. The molecule has 0 aromatic carbocycles. The highest BCUT2D eigenvalue weighted by Gasteiger charge is 2.20. The monoisotopic (exact) mass is 279 g/mol. The van der Waals surface area contributed by atoms with Crippen LogP contribution < -0.4 is 5.32 Å². The van der Waals surface area contributed by atoms with Crippen molar-refractivity contribution in [1.29, 1.82) is 0 Å². The average Bonchev–Trinajstić information content (AvgIpc) is 2.71. The molecule has 114 valence electrons. The Hall–Kier alpha value is -0.940. The molecule has 5 heteroatoms. The summed E-state index contributed by atoms with van der Waals surface area (Å²) in [5.41, 5.74) is 0. The maximum Gasteiger partial charge on any atom is 0.141 e. The summed E-state index contributed by atoms with van der Waals surface area (Å²) in [4.78, 5) is 6.96. The first-order chi connectivity index (χ1) is 9.56. The maximum atomic E-state index is 4.44. The molecule has 0 saturated carbocycles. The normalized spacial score (nSPS) is 21.6. The molecule has 1 aliphatic heterocycles. The first-order valence-electron chi connectivity index (χ1n) is 7.90. The zero-order valence-electron chi connectivity index (χ0n) is 13.3. The van der Waals surface area contributed by atoms with Crippen molar-refractivity contribution in [2.75, 3.05) is 19.6 Å². The number of hydrogen-bond donors (Lipinski definition) is 1. The third kappa shape index (κ3) is 4.28. The first kappa shape index (κ1) is 15.4. The quantitative estimate of drug-likeness (QED) is 0.896. The third-order valence-electron chi connectivity index (χ3n) is 3.82. The molecule has 1 aromatic heterocycles. The van der Waals surface area contributed by atoms with Crippen LogP contribution in [0.2, 0.25) is 0 Å². The van der Waals surface area contributed by atoms with E-state index >= 15 is 0 Å². The van der Waals surface area contributed by atoms with E-state index in [0.29, 0.717) is 12.1 Å². The summed E-state index contributed by atoms with van der Waals surface area (Å²) in [5, 5.41) is 8.01. The van der Waals surface area contributed by atoms with Gasteiger partial charge in [-0.25, -0.2) is 9.67 Å². The minimum atomic E-state index is 0.379.